The molecule has 0 heterocycles. The molecule has 84 valence electrons. The highest BCUT2D eigenvalue weighted by Gasteiger charge is 2.07. The molecule has 0 radical (unpaired) electrons. The Morgan fingerprint density at radius 2 is 2.00 bits per heavy atom. The van der Waals surface area contributed by atoms with E-state index in [1.165, 1.54) is 6.07 Å². The molecule has 0 saturated heterocycles. The molecule has 0 aliphatic rings. The van der Waals surface area contributed by atoms with Crippen LogP contribution in [0.2, 0.25) is 0 Å². The first-order valence-electron chi connectivity index (χ1n) is 5.05. The molecule has 0 aliphatic carbocycles. The maximum atomic E-state index is 13.1. The van der Waals surface area contributed by atoms with Gasteiger partial charge >= 0.3 is 0 Å². The molecular formula is C11H17FN2O. The number of anilines is 1. The lowest BCUT2D eigenvalue weighted by Gasteiger charge is -2.18. The topological polar surface area (TPSA) is 35.5 Å². The SMILES string of the molecule is CCCN(O)Nc1ccc(F)c(C)c1C. The van der Waals surface area contributed by atoms with E-state index in [4.69, 9.17) is 0 Å². The molecule has 0 saturated carbocycles. The number of halogens is 1. The first kappa shape index (κ1) is 11.9. The van der Waals surface area contributed by atoms with Gasteiger partial charge in [0, 0.05) is 6.54 Å². The van der Waals surface area contributed by atoms with Crippen molar-refractivity contribution in [2.75, 3.05) is 12.0 Å². The summed E-state index contributed by atoms with van der Waals surface area (Å²) in [5.74, 6) is -0.224. The summed E-state index contributed by atoms with van der Waals surface area (Å²) >= 11 is 0. The molecule has 0 atom stereocenters. The molecule has 0 aliphatic heterocycles. The van der Waals surface area contributed by atoms with Gasteiger partial charge in [0.1, 0.15) is 5.82 Å². The molecule has 2 N–H and O–H groups in total. The van der Waals surface area contributed by atoms with Gasteiger partial charge in [-0.25, -0.2) is 4.39 Å². The molecule has 3 nitrogen and oxygen atoms in total. The summed E-state index contributed by atoms with van der Waals surface area (Å²) in [6, 6.07) is 3.01. The molecule has 0 unspecified atom stereocenters. The second-order valence-corrected chi connectivity index (χ2v) is 3.58. The number of nitrogens with zero attached hydrogens (tertiary/aromatic N) is 1. The van der Waals surface area contributed by atoms with Crippen molar-refractivity contribution in [1.29, 1.82) is 0 Å². The Morgan fingerprint density at radius 1 is 1.33 bits per heavy atom. The quantitative estimate of drug-likeness (QED) is 0.753. The van der Waals surface area contributed by atoms with E-state index in [1.54, 1.807) is 13.0 Å². The van der Waals surface area contributed by atoms with Crippen molar-refractivity contribution in [3.8, 4) is 0 Å². The van der Waals surface area contributed by atoms with Crippen LogP contribution in [0.3, 0.4) is 0 Å². The lowest BCUT2D eigenvalue weighted by molar-refractivity contribution is -0.0653. The highest BCUT2D eigenvalue weighted by Crippen LogP contribution is 2.21. The van der Waals surface area contributed by atoms with Gasteiger partial charge in [0.25, 0.3) is 0 Å². The Morgan fingerprint density at radius 3 is 2.60 bits per heavy atom. The number of rotatable bonds is 4. The van der Waals surface area contributed by atoms with Crippen molar-refractivity contribution >= 4 is 5.69 Å². The maximum Gasteiger partial charge on any atom is 0.126 e. The number of hydrazine groups is 1. The number of nitrogens with one attached hydrogen (secondary N) is 1. The lowest BCUT2D eigenvalue weighted by atomic mass is 10.1. The van der Waals surface area contributed by atoms with Gasteiger partial charge in [0.15, 0.2) is 0 Å². The Bertz CT molecular complexity index is 342. The van der Waals surface area contributed by atoms with E-state index >= 15 is 0 Å². The Kier molecular flexibility index (Phi) is 4.05. The fourth-order valence-corrected chi connectivity index (χ4v) is 1.32. The number of benzene rings is 1. The van der Waals surface area contributed by atoms with Gasteiger partial charge in [-0.05, 0) is 43.5 Å². The first-order chi connectivity index (χ1) is 7.06. The van der Waals surface area contributed by atoms with Crippen LogP contribution in [-0.2, 0) is 0 Å². The average Bonchev–Trinajstić information content (AvgIpc) is 2.20. The summed E-state index contributed by atoms with van der Waals surface area (Å²) in [7, 11) is 0. The summed E-state index contributed by atoms with van der Waals surface area (Å²) < 4.78 is 13.1. The van der Waals surface area contributed by atoms with Crippen LogP contribution in [0.4, 0.5) is 10.1 Å². The number of hydroxylamine groups is 1. The van der Waals surface area contributed by atoms with Crippen LogP contribution >= 0.6 is 0 Å². The van der Waals surface area contributed by atoms with Crippen molar-refractivity contribution in [2.24, 2.45) is 0 Å². The first-order valence-corrected chi connectivity index (χ1v) is 5.05. The lowest BCUT2D eigenvalue weighted by Crippen LogP contribution is -2.27. The Hall–Kier alpha value is -1.13. The molecule has 4 heteroatoms. The molecule has 0 bridgehead atoms. The third-order valence-electron chi connectivity index (χ3n) is 2.41. The van der Waals surface area contributed by atoms with Gasteiger partial charge in [0.05, 0.1) is 5.69 Å². The van der Waals surface area contributed by atoms with E-state index in [2.05, 4.69) is 5.43 Å². The summed E-state index contributed by atoms with van der Waals surface area (Å²) in [5, 5.41) is 10.4. The Balaban J connectivity index is 2.82. The smallest absolute Gasteiger partial charge is 0.126 e. The van der Waals surface area contributed by atoms with Crippen molar-refractivity contribution < 1.29 is 9.60 Å². The van der Waals surface area contributed by atoms with Crippen LogP contribution in [0.5, 0.6) is 0 Å². The van der Waals surface area contributed by atoms with Crippen LogP contribution < -0.4 is 5.43 Å². The summed E-state index contributed by atoms with van der Waals surface area (Å²) in [6.45, 7) is 6.03. The van der Waals surface area contributed by atoms with Crippen LogP contribution in [0, 0.1) is 19.7 Å². The third kappa shape index (κ3) is 2.91. The fourth-order valence-electron chi connectivity index (χ4n) is 1.32. The minimum atomic E-state index is -0.224. The molecule has 1 aromatic rings. The summed E-state index contributed by atoms with van der Waals surface area (Å²) in [5.41, 5.74) is 4.94. The molecule has 1 rings (SSSR count). The van der Waals surface area contributed by atoms with E-state index in [9.17, 15) is 9.60 Å². The van der Waals surface area contributed by atoms with Crippen LogP contribution in [-0.4, -0.2) is 16.9 Å². The zero-order valence-electron chi connectivity index (χ0n) is 9.34. The Labute approximate surface area is 89.4 Å². The monoisotopic (exact) mass is 212 g/mol. The van der Waals surface area contributed by atoms with Crippen molar-refractivity contribution in [1.82, 2.24) is 5.17 Å². The molecule has 0 aromatic heterocycles. The second-order valence-electron chi connectivity index (χ2n) is 3.58. The van der Waals surface area contributed by atoms with Crippen LogP contribution in [0.25, 0.3) is 0 Å². The molecule has 1 aromatic carbocycles. The van der Waals surface area contributed by atoms with Crippen LogP contribution in [0.1, 0.15) is 24.5 Å². The third-order valence-corrected chi connectivity index (χ3v) is 2.41. The fraction of sp³-hybridized carbons (Fsp3) is 0.455. The van der Waals surface area contributed by atoms with E-state index in [0.717, 1.165) is 22.8 Å². The molecule has 0 fully saturated rings. The average molecular weight is 212 g/mol. The molecular weight excluding hydrogens is 195 g/mol. The number of hydrogen-bond acceptors (Lipinski definition) is 3. The highest BCUT2D eigenvalue weighted by molar-refractivity contribution is 5.53. The van der Waals surface area contributed by atoms with Gasteiger partial charge in [-0.3, -0.25) is 10.6 Å². The minimum absolute atomic E-state index is 0.224. The summed E-state index contributed by atoms with van der Waals surface area (Å²) in [6.07, 6.45) is 0.836. The second kappa shape index (κ2) is 5.09. The highest BCUT2D eigenvalue weighted by atomic mass is 19.1. The van der Waals surface area contributed by atoms with E-state index < -0.39 is 0 Å². The summed E-state index contributed by atoms with van der Waals surface area (Å²) in [4.78, 5) is 0. The largest absolute Gasteiger partial charge is 0.296 e. The van der Waals surface area contributed by atoms with Crippen molar-refractivity contribution in [2.45, 2.75) is 27.2 Å². The number of hydrogen-bond donors (Lipinski definition) is 2. The zero-order valence-corrected chi connectivity index (χ0v) is 9.34. The predicted octanol–water partition coefficient (Wildman–Crippen LogP) is 2.87. The van der Waals surface area contributed by atoms with E-state index in [1.807, 2.05) is 13.8 Å². The predicted molar refractivity (Wildman–Crippen MR) is 58.3 cm³/mol. The standard InChI is InChI=1S/C11H17FN2O/c1-4-7-14(15)13-11-6-5-10(12)8(2)9(11)3/h5-6,13,15H,4,7H2,1-3H3. The van der Waals surface area contributed by atoms with Gasteiger partial charge in [0.2, 0.25) is 0 Å². The molecule has 0 spiro atoms. The van der Waals surface area contributed by atoms with E-state index in [0.29, 0.717) is 12.1 Å². The van der Waals surface area contributed by atoms with Crippen molar-refractivity contribution in [3.63, 3.8) is 0 Å². The minimum Gasteiger partial charge on any atom is -0.296 e. The van der Waals surface area contributed by atoms with Gasteiger partial charge < -0.3 is 0 Å². The zero-order chi connectivity index (χ0) is 11.4. The normalized spacial score (nSPS) is 10.8. The van der Waals surface area contributed by atoms with E-state index in [-0.39, 0.29) is 5.82 Å². The van der Waals surface area contributed by atoms with Gasteiger partial charge in [-0.2, -0.15) is 0 Å². The van der Waals surface area contributed by atoms with Crippen LogP contribution in [0.15, 0.2) is 12.1 Å². The molecule has 15 heavy (non-hydrogen) atoms. The maximum absolute atomic E-state index is 13.1. The van der Waals surface area contributed by atoms with Crippen molar-refractivity contribution in [3.05, 3.63) is 29.1 Å². The van der Waals surface area contributed by atoms with Gasteiger partial charge in [-0.15, -0.1) is 5.17 Å². The molecule has 0 amide bonds. The van der Waals surface area contributed by atoms with Gasteiger partial charge in [-0.1, -0.05) is 6.92 Å².